The highest BCUT2D eigenvalue weighted by Crippen LogP contribution is 2.26. The van der Waals surface area contributed by atoms with E-state index in [4.69, 9.17) is 13.7 Å². The molecule has 0 aliphatic carbocycles. The average Bonchev–Trinajstić information content (AvgIpc) is 3.36. The molecule has 8 nitrogen and oxygen atoms in total. The summed E-state index contributed by atoms with van der Waals surface area (Å²) in [7, 11) is 0. The Labute approximate surface area is 165 Å². The Balaban J connectivity index is 1.54. The summed E-state index contributed by atoms with van der Waals surface area (Å²) in [5.74, 6) is 1.08. The van der Waals surface area contributed by atoms with Crippen molar-refractivity contribution in [2.45, 2.75) is 30.5 Å². The zero-order valence-electron chi connectivity index (χ0n) is 15.4. The Kier molecular flexibility index (Phi) is 6.49. The molecule has 0 aliphatic heterocycles. The molecular weight excluding hydrogens is 382 g/mol. The summed E-state index contributed by atoms with van der Waals surface area (Å²) in [6.45, 7) is 3.14. The lowest BCUT2D eigenvalue weighted by atomic mass is 10.2. The highest BCUT2D eigenvalue weighted by atomic mass is 32.2. The number of hydrogen-bond donors (Lipinski definition) is 1. The number of amides is 1. The zero-order valence-corrected chi connectivity index (χ0v) is 16.2. The first kappa shape index (κ1) is 19.7. The molecule has 2 heterocycles. The predicted molar refractivity (Wildman–Crippen MR) is 101 cm³/mol. The number of aryl methyl sites for hydroxylation is 1. The van der Waals surface area contributed by atoms with Crippen LogP contribution in [0.2, 0.25) is 0 Å². The average molecular weight is 401 g/mol. The molecule has 1 aromatic carbocycles. The lowest BCUT2D eigenvalue weighted by Gasteiger charge is -2.12. The molecule has 146 valence electrons. The van der Waals surface area contributed by atoms with E-state index in [0.29, 0.717) is 33.7 Å². The van der Waals surface area contributed by atoms with Crippen LogP contribution < -0.4 is 5.32 Å². The fourth-order valence-corrected chi connectivity index (χ4v) is 3.28. The number of benzene rings is 1. The van der Waals surface area contributed by atoms with Crippen LogP contribution in [-0.4, -0.2) is 28.6 Å². The van der Waals surface area contributed by atoms with Gasteiger partial charge in [0.25, 0.3) is 5.91 Å². The van der Waals surface area contributed by atoms with Crippen LogP contribution in [0.3, 0.4) is 0 Å². The molecule has 0 fully saturated rings. The number of aromatic nitrogens is 2. The Morgan fingerprint density at radius 3 is 2.79 bits per heavy atom. The van der Waals surface area contributed by atoms with E-state index in [9.17, 15) is 9.59 Å². The Morgan fingerprint density at radius 2 is 2.07 bits per heavy atom. The molecule has 0 saturated carbocycles. The number of thioether (sulfide) groups is 1. The molecule has 0 spiro atoms. The fraction of sp³-hybridized carbons (Fsp3) is 0.263. The highest BCUT2D eigenvalue weighted by molar-refractivity contribution is 7.98. The minimum atomic E-state index is -0.578. The minimum absolute atomic E-state index is 0.318. The second kappa shape index (κ2) is 9.23. The van der Waals surface area contributed by atoms with E-state index in [1.807, 2.05) is 6.07 Å². The second-order valence-electron chi connectivity index (χ2n) is 5.90. The van der Waals surface area contributed by atoms with E-state index in [-0.39, 0.29) is 12.6 Å². The van der Waals surface area contributed by atoms with Crippen molar-refractivity contribution >= 4 is 23.6 Å². The van der Waals surface area contributed by atoms with Crippen molar-refractivity contribution in [1.29, 1.82) is 0 Å². The van der Waals surface area contributed by atoms with E-state index in [1.54, 1.807) is 44.2 Å². The van der Waals surface area contributed by atoms with Crippen LogP contribution in [0.4, 0.5) is 0 Å². The van der Waals surface area contributed by atoms with Gasteiger partial charge in [-0.3, -0.25) is 4.79 Å². The summed E-state index contributed by atoms with van der Waals surface area (Å²) in [6, 6.07) is 10.2. The lowest BCUT2D eigenvalue weighted by Crippen LogP contribution is -2.31. The Bertz CT molecular complexity index is 939. The van der Waals surface area contributed by atoms with Gasteiger partial charge in [0, 0.05) is 4.90 Å². The van der Waals surface area contributed by atoms with Gasteiger partial charge in [-0.15, -0.1) is 11.8 Å². The summed E-state index contributed by atoms with van der Waals surface area (Å²) in [5, 5.41) is 6.45. The summed E-state index contributed by atoms with van der Waals surface area (Å²) < 4.78 is 15.5. The third-order valence-electron chi connectivity index (χ3n) is 3.71. The van der Waals surface area contributed by atoms with Crippen LogP contribution in [0, 0.1) is 6.92 Å². The summed E-state index contributed by atoms with van der Waals surface area (Å²) in [4.78, 5) is 29.3. The largest absolute Gasteiger partial charge is 0.467 e. The van der Waals surface area contributed by atoms with Gasteiger partial charge >= 0.3 is 5.97 Å². The number of furan rings is 1. The molecule has 2 aromatic heterocycles. The molecule has 1 unspecified atom stereocenters. The van der Waals surface area contributed by atoms with E-state index >= 15 is 0 Å². The van der Waals surface area contributed by atoms with E-state index in [2.05, 4.69) is 15.5 Å². The highest BCUT2D eigenvalue weighted by Gasteiger charge is 2.17. The molecule has 0 saturated heterocycles. The molecule has 9 heteroatoms. The van der Waals surface area contributed by atoms with Crippen molar-refractivity contribution in [3.8, 4) is 0 Å². The molecule has 1 N–H and O–H groups in total. The first-order valence-corrected chi connectivity index (χ1v) is 9.52. The topological polar surface area (TPSA) is 107 Å². The first-order valence-electron chi connectivity index (χ1n) is 8.54. The van der Waals surface area contributed by atoms with Gasteiger partial charge in [0.05, 0.1) is 23.6 Å². The number of esters is 1. The molecule has 3 rings (SSSR count). The molecular formula is C19H19N3O5S. The van der Waals surface area contributed by atoms with E-state index in [0.717, 1.165) is 0 Å². The third-order valence-corrected chi connectivity index (χ3v) is 4.77. The smallest absolute Gasteiger partial charge is 0.339 e. The molecule has 3 aromatic rings. The Morgan fingerprint density at radius 1 is 1.25 bits per heavy atom. The van der Waals surface area contributed by atoms with Gasteiger partial charge in [-0.1, -0.05) is 17.3 Å². The number of hydrogen-bond acceptors (Lipinski definition) is 8. The maximum atomic E-state index is 12.4. The van der Waals surface area contributed by atoms with Crippen molar-refractivity contribution in [2.24, 2.45) is 0 Å². The maximum absolute atomic E-state index is 12.4. The van der Waals surface area contributed by atoms with Crippen molar-refractivity contribution in [1.82, 2.24) is 15.5 Å². The minimum Gasteiger partial charge on any atom is -0.467 e. The second-order valence-corrected chi connectivity index (χ2v) is 6.92. The van der Waals surface area contributed by atoms with Gasteiger partial charge in [-0.2, -0.15) is 4.98 Å². The zero-order chi connectivity index (χ0) is 19.9. The first-order chi connectivity index (χ1) is 13.5. The SMILES string of the molecule is Cc1noc(CSc2ccccc2C(=O)OCC(=O)NC(C)c2ccco2)n1. The van der Waals surface area contributed by atoms with Crippen LogP contribution in [0.15, 0.2) is 56.5 Å². The summed E-state index contributed by atoms with van der Waals surface area (Å²) in [5.41, 5.74) is 0.371. The van der Waals surface area contributed by atoms with Gasteiger partial charge in [-0.25, -0.2) is 4.79 Å². The van der Waals surface area contributed by atoms with E-state index < -0.39 is 11.9 Å². The molecule has 0 aliphatic rings. The van der Waals surface area contributed by atoms with Gasteiger partial charge < -0.3 is 19.0 Å². The van der Waals surface area contributed by atoms with Crippen LogP contribution in [0.25, 0.3) is 0 Å². The number of carbonyl (C=O) groups excluding carboxylic acids is 2. The van der Waals surface area contributed by atoms with Crippen molar-refractivity contribution < 1.29 is 23.3 Å². The number of nitrogens with one attached hydrogen (secondary N) is 1. The van der Waals surface area contributed by atoms with Crippen molar-refractivity contribution in [3.63, 3.8) is 0 Å². The molecule has 1 atom stereocenters. The number of carbonyl (C=O) groups is 2. The van der Waals surface area contributed by atoms with Crippen LogP contribution >= 0.6 is 11.8 Å². The molecule has 0 radical (unpaired) electrons. The quantitative estimate of drug-likeness (QED) is 0.452. The summed E-state index contributed by atoms with van der Waals surface area (Å²) >= 11 is 1.37. The number of ether oxygens (including phenoxy) is 1. The predicted octanol–water partition coefficient (Wildman–Crippen LogP) is 3.30. The molecule has 1 amide bonds. The number of rotatable bonds is 8. The van der Waals surface area contributed by atoms with E-state index in [1.165, 1.54) is 18.0 Å². The third kappa shape index (κ3) is 5.23. The van der Waals surface area contributed by atoms with Crippen LogP contribution in [-0.2, 0) is 15.3 Å². The summed E-state index contributed by atoms with van der Waals surface area (Å²) in [6.07, 6.45) is 1.53. The molecule has 0 bridgehead atoms. The molecule has 28 heavy (non-hydrogen) atoms. The van der Waals surface area contributed by atoms with Gasteiger partial charge in [0.1, 0.15) is 5.76 Å². The normalized spacial score (nSPS) is 11.8. The van der Waals surface area contributed by atoms with Crippen LogP contribution in [0.1, 0.15) is 40.8 Å². The standard InChI is InChI=1S/C19H19N3O5S/c1-12(15-7-5-9-25-15)20-17(23)10-26-19(24)14-6-3-4-8-16(14)28-11-18-21-13(2)22-27-18/h3-9,12H,10-11H2,1-2H3,(H,20,23). The fourth-order valence-electron chi connectivity index (χ4n) is 2.40. The van der Waals surface area contributed by atoms with Crippen LogP contribution in [0.5, 0.6) is 0 Å². The van der Waals surface area contributed by atoms with Crippen molar-refractivity contribution in [2.75, 3.05) is 6.61 Å². The Hall–Kier alpha value is -3.07. The van der Waals surface area contributed by atoms with Gasteiger partial charge in [-0.05, 0) is 38.1 Å². The van der Waals surface area contributed by atoms with Gasteiger partial charge in [0.15, 0.2) is 12.4 Å². The number of nitrogens with zero attached hydrogens (tertiary/aromatic N) is 2. The lowest BCUT2D eigenvalue weighted by molar-refractivity contribution is -0.125. The van der Waals surface area contributed by atoms with Gasteiger partial charge in [0.2, 0.25) is 5.89 Å². The maximum Gasteiger partial charge on any atom is 0.339 e. The monoisotopic (exact) mass is 401 g/mol. The van der Waals surface area contributed by atoms with Crippen molar-refractivity contribution in [3.05, 3.63) is 65.7 Å².